The molecule has 114 valence electrons. The van der Waals surface area contributed by atoms with E-state index in [2.05, 4.69) is 21.2 Å². The van der Waals surface area contributed by atoms with Gasteiger partial charge in [0.1, 0.15) is 0 Å². The molecule has 21 heavy (non-hydrogen) atoms. The number of hydrogen-bond acceptors (Lipinski definition) is 2. The molecule has 2 rings (SSSR count). The molecule has 1 atom stereocenters. The Bertz CT molecular complexity index is 595. The van der Waals surface area contributed by atoms with Crippen molar-refractivity contribution in [1.29, 1.82) is 0 Å². The van der Waals surface area contributed by atoms with E-state index in [9.17, 15) is 13.2 Å². The van der Waals surface area contributed by atoms with Crippen LogP contribution in [-0.4, -0.2) is 6.54 Å². The van der Waals surface area contributed by atoms with Gasteiger partial charge in [0.05, 0.1) is 9.35 Å². The summed E-state index contributed by atoms with van der Waals surface area (Å²) in [6.45, 7) is 2.40. The van der Waals surface area contributed by atoms with E-state index in [0.29, 0.717) is 6.54 Å². The molecule has 1 heterocycles. The van der Waals surface area contributed by atoms with Gasteiger partial charge < -0.3 is 5.32 Å². The molecule has 0 aliphatic heterocycles. The molecule has 1 aromatic heterocycles. The second-order valence-corrected chi connectivity index (χ2v) is 7.26. The normalized spacial score (nSPS) is 13.4. The molecule has 0 aliphatic rings. The highest BCUT2D eigenvalue weighted by molar-refractivity contribution is 9.11. The van der Waals surface area contributed by atoms with Crippen molar-refractivity contribution in [2.45, 2.75) is 25.6 Å². The monoisotopic (exact) mass is 377 g/mol. The first-order valence-corrected chi connectivity index (χ1v) is 8.12. The van der Waals surface area contributed by atoms with Gasteiger partial charge in [-0.2, -0.15) is 13.2 Å². The Balaban J connectivity index is 1.99. The summed E-state index contributed by atoms with van der Waals surface area (Å²) in [7, 11) is 0. The fraction of sp³-hybridized carbons (Fsp3) is 0.333. The summed E-state index contributed by atoms with van der Waals surface area (Å²) >= 11 is 5.03. The average molecular weight is 378 g/mol. The lowest BCUT2D eigenvalue weighted by Gasteiger charge is -2.19. The van der Waals surface area contributed by atoms with Crippen molar-refractivity contribution < 1.29 is 13.2 Å². The Labute approximate surface area is 134 Å². The van der Waals surface area contributed by atoms with Gasteiger partial charge in [0.15, 0.2) is 0 Å². The lowest BCUT2D eigenvalue weighted by Crippen LogP contribution is -2.23. The van der Waals surface area contributed by atoms with E-state index in [1.807, 2.05) is 12.1 Å². The molecular weight excluding hydrogens is 363 g/mol. The minimum absolute atomic E-state index is 0.289. The first-order valence-electron chi connectivity index (χ1n) is 6.51. The van der Waals surface area contributed by atoms with Crippen LogP contribution in [0.25, 0.3) is 0 Å². The highest BCUT2D eigenvalue weighted by Gasteiger charge is 2.33. The van der Waals surface area contributed by atoms with E-state index >= 15 is 0 Å². The number of benzene rings is 1. The molecule has 0 radical (unpaired) electrons. The molecule has 6 heteroatoms. The molecule has 1 nitrogen and oxygen atoms in total. The molecule has 0 aliphatic carbocycles. The van der Waals surface area contributed by atoms with Gasteiger partial charge in [-0.25, -0.2) is 0 Å². The maximum Gasteiger partial charge on any atom is 0.416 e. The van der Waals surface area contributed by atoms with Crippen LogP contribution in [0, 0.1) is 0 Å². The van der Waals surface area contributed by atoms with Gasteiger partial charge in [-0.1, -0.05) is 18.2 Å². The standard InChI is InChI=1S/C15H15BrF3NS/c1-10(20-9-8-11-6-7-14(16)21-11)12-4-2-3-5-13(12)15(17,18)19/h2-7,10,20H,8-9H2,1H3. The first-order chi connectivity index (χ1) is 9.88. The minimum Gasteiger partial charge on any atom is -0.310 e. The van der Waals surface area contributed by atoms with Gasteiger partial charge in [-0.05, 0) is 53.0 Å². The van der Waals surface area contributed by atoms with Crippen LogP contribution in [0.15, 0.2) is 40.2 Å². The smallest absolute Gasteiger partial charge is 0.310 e. The molecular formula is C15H15BrF3NS. The summed E-state index contributed by atoms with van der Waals surface area (Å²) in [4.78, 5) is 1.20. The fourth-order valence-electron chi connectivity index (χ4n) is 2.14. The number of rotatable bonds is 5. The highest BCUT2D eigenvalue weighted by atomic mass is 79.9. The van der Waals surface area contributed by atoms with Crippen LogP contribution < -0.4 is 5.32 Å². The molecule has 2 aromatic rings. The fourth-order valence-corrected chi connectivity index (χ4v) is 3.62. The van der Waals surface area contributed by atoms with Crippen LogP contribution in [0.2, 0.25) is 0 Å². The second kappa shape index (κ2) is 6.94. The van der Waals surface area contributed by atoms with Gasteiger partial charge in [0.25, 0.3) is 0 Å². The van der Waals surface area contributed by atoms with Crippen LogP contribution in [0.3, 0.4) is 0 Å². The molecule has 0 bridgehead atoms. The van der Waals surface area contributed by atoms with E-state index in [0.717, 1.165) is 16.3 Å². The van der Waals surface area contributed by atoms with Crippen molar-refractivity contribution in [2.24, 2.45) is 0 Å². The molecule has 1 N–H and O–H groups in total. The first kappa shape index (κ1) is 16.5. The Hall–Kier alpha value is -0.850. The quantitative estimate of drug-likeness (QED) is 0.732. The summed E-state index contributed by atoms with van der Waals surface area (Å²) in [6.07, 6.45) is -3.51. The molecule has 1 aromatic carbocycles. The van der Waals surface area contributed by atoms with E-state index < -0.39 is 11.7 Å². The lowest BCUT2D eigenvalue weighted by molar-refractivity contribution is -0.138. The molecule has 0 spiro atoms. The zero-order valence-electron chi connectivity index (χ0n) is 11.4. The number of halogens is 4. The van der Waals surface area contributed by atoms with Crippen LogP contribution in [0.1, 0.15) is 29.0 Å². The molecule has 0 amide bonds. The van der Waals surface area contributed by atoms with Crippen molar-refractivity contribution in [3.05, 3.63) is 56.2 Å². The van der Waals surface area contributed by atoms with Crippen LogP contribution in [-0.2, 0) is 12.6 Å². The maximum absolute atomic E-state index is 13.0. The van der Waals surface area contributed by atoms with Gasteiger partial charge in [-0.15, -0.1) is 11.3 Å². The zero-order chi connectivity index (χ0) is 15.5. The third-order valence-electron chi connectivity index (χ3n) is 3.18. The van der Waals surface area contributed by atoms with Crippen molar-refractivity contribution >= 4 is 27.3 Å². The number of thiophene rings is 1. The van der Waals surface area contributed by atoms with Crippen molar-refractivity contribution in [3.63, 3.8) is 0 Å². The second-order valence-electron chi connectivity index (χ2n) is 4.72. The zero-order valence-corrected chi connectivity index (χ0v) is 13.8. The van der Waals surface area contributed by atoms with Gasteiger partial charge in [0, 0.05) is 17.5 Å². The van der Waals surface area contributed by atoms with Crippen molar-refractivity contribution in [3.8, 4) is 0 Å². The Kier molecular flexibility index (Phi) is 5.46. The predicted octanol–water partition coefficient (Wildman–Crippen LogP) is 5.42. The van der Waals surface area contributed by atoms with Crippen molar-refractivity contribution in [1.82, 2.24) is 5.32 Å². The summed E-state index contributed by atoms with van der Waals surface area (Å²) < 4.78 is 40.0. The van der Waals surface area contributed by atoms with Crippen LogP contribution in [0.4, 0.5) is 13.2 Å². The van der Waals surface area contributed by atoms with Gasteiger partial charge in [-0.3, -0.25) is 0 Å². The number of alkyl halides is 3. The summed E-state index contributed by atoms with van der Waals surface area (Å²) in [5.74, 6) is 0. The maximum atomic E-state index is 13.0. The molecule has 0 saturated heterocycles. The Morgan fingerprint density at radius 3 is 2.52 bits per heavy atom. The molecule has 1 unspecified atom stereocenters. The van der Waals surface area contributed by atoms with E-state index in [-0.39, 0.29) is 11.6 Å². The average Bonchev–Trinajstić information content (AvgIpc) is 2.83. The summed E-state index contributed by atoms with van der Waals surface area (Å²) in [5.41, 5.74) is -0.277. The molecule has 0 saturated carbocycles. The summed E-state index contributed by atoms with van der Waals surface area (Å²) in [6, 6.07) is 9.37. The Morgan fingerprint density at radius 2 is 1.90 bits per heavy atom. The number of nitrogens with one attached hydrogen (secondary N) is 1. The van der Waals surface area contributed by atoms with Crippen LogP contribution in [0.5, 0.6) is 0 Å². The van der Waals surface area contributed by atoms with E-state index in [4.69, 9.17) is 0 Å². The van der Waals surface area contributed by atoms with E-state index in [1.54, 1.807) is 24.3 Å². The topological polar surface area (TPSA) is 12.0 Å². The summed E-state index contributed by atoms with van der Waals surface area (Å²) in [5, 5.41) is 3.16. The minimum atomic E-state index is -4.31. The lowest BCUT2D eigenvalue weighted by atomic mass is 10.0. The largest absolute Gasteiger partial charge is 0.416 e. The molecule has 0 fully saturated rings. The SMILES string of the molecule is CC(NCCc1ccc(Br)s1)c1ccccc1C(F)(F)F. The Morgan fingerprint density at radius 1 is 1.19 bits per heavy atom. The van der Waals surface area contributed by atoms with Crippen LogP contribution >= 0.6 is 27.3 Å². The van der Waals surface area contributed by atoms with Crippen molar-refractivity contribution in [2.75, 3.05) is 6.54 Å². The third-order valence-corrected chi connectivity index (χ3v) is 4.87. The van der Waals surface area contributed by atoms with Gasteiger partial charge in [0.2, 0.25) is 0 Å². The third kappa shape index (κ3) is 4.56. The number of hydrogen-bond donors (Lipinski definition) is 1. The van der Waals surface area contributed by atoms with E-state index in [1.165, 1.54) is 17.0 Å². The predicted molar refractivity (Wildman–Crippen MR) is 83.6 cm³/mol. The highest BCUT2D eigenvalue weighted by Crippen LogP contribution is 2.34. The van der Waals surface area contributed by atoms with Gasteiger partial charge >= 0.3 is 6.18 Å².